The predicted octanol–water partition coefficient (Wildman–Crippen LogP) is 3.30. The SMILES string of the molecule is COc1cccc(N=C2CCC(CBr)O2)c1. The fourth-order valence-corrected chi connectivity index (χ4v) is 2.07. The Balaban J connectivity index is 2.10. The summed E-state index contributed by atoms with van der Waals surface area (Å²) in [4.78, 5) is 4.46. The highest BCUT2D eigenvalue weighted by molar-refractivity contribution is 9.09. The van der Waals surface area contributed by atoms with Gasteiger partial charge in [0.05, 0.1) is 12.8 Å². The van der Waals surface area contributed by atoms with Crippen molar-refractivity contribution in [2.24, 2.45) is 4.99 Å². The van der Waals surface area contributed by atoms with Crippen molar-refractivity contribution in [2.45, 2.75) is 18.9 Å². The Morgan fingerprint density at radius 2 is 2.44 bits per heavy atom. The lowest BCUT2D eigenvalue weighted by Gasteiger charge is -2.05. The van der Waals surface area contributed by atoms with Crippen LogP contribution in [-0.4, -0.2) is 24.4 Å². The number of hydrogen-bond donors (Lipinski definition) is 0. The van der Waals surface area contributed by atoms with Gasteiger partial charge in [0, 0.05) is 17.8 Å². The van der Waals surface area contributed by atoms with Gasteiger partial charge in [0.2, 0.25) is 0 Å². The molecule has 1 heterocycles. The molecule has 1 aliphatic rings. The molecule has 0 N–H and O–H groups in total. The molecule has 3 nitrogen and oxygen atoms in total. The van der Waals surface area contributed by atoms with Crippen molar-refractivity contribution < 1.29 is 9.47 Å². The average Bonchev–Trinajstić information content (AvgIpc) is 2.77. The van der Waals surface area contributed by atoms with E-state index in [-0.39, 0.29) is 6.10 Å². The summed E-state index contributed by atoms with van der Waals surface area (Å²) in [7, 11) is 1.65. The number of nitrogens with zero attached hydrogens (tertiary/aromatic N) is 1. The fourth-order valence-electron chi connectivity index (χ4n) is 1.61. The van der Waals surface area contributed by atoms with Crippen molar-refractivity contribution in [1.82, 2.24) is 0 Å². The van der Waals surface area contributed by atoms with Gasteiger partial charge in [0.15, 0.2) is 5.90 Å². The topological polar surface area (TPSA) is 30.8 Å². The summed E-state index contributed by atoms with van der Waals surface area (Å²) in [5, 5.41) is 0.865. The first kappa shape index (κ1) is 11.5. The van der Waals surface area contributed by atoms with Crippen molar-refractivity contribution in [2.75, 3.05) is 12.4 Å². The largest absolute Gasteiger partial charge is 0.497 e. The molecule has 1 aliphatic heterocycles. The number of halogens is 1. The molecule has 4 heteroatoms. The van der Waals surface area contributed by atoms with Gasteiger partial charge < -0.3 is 9.47 Å². The number of alkyl halides is 1. The zero-order valence-corrected chi connectivity index (χ0v) is 10.7. The minimum atomic E-state index is 0.268. The van der Waals surface area contributed by atoms with E-state index >= 15 is 0 Å². The average molecular weight is 284 g/mol. The number of aliphatic imine (C=N–C) groups is 1. The first-order valence-electron chi connectivity index (χ1n) is 5.26. The minimum Gasteiger partial charge on any atom is -0.497 e. The standard InChI is InChI=1S/C12H14BrNO2/c1-15-10-4-2-3-9(7-10)14-12-6-5-11(8-13)16-12/h2-4,7,11H,5-6,8H2,1H3. The third kappa shape index (κ3) is 2.76. The van der Waals surface area contributed by atoms with E-state index in [2.05, 4.69) is 20.9 Å². The van der Waals surface area contributed by atoms with Crippen molar-refractivity contribution in [1.29, 1.82) is 0 Å². The van der Waals surface area contributed by atoms with Gasteiger partial charge in [0.25, 0.3) is 0 Å². The molecule has 1 fully saturated rings. The van der Waals surface area contributed by atoms with Crippen LogP contribution in [-0.2, 0) is 4.74 Å². The van der Waals surface area contributed by atoms with Crippen molar-refractivity contribution in [3.05, 3.63) is 24.3 Å². The van der Waals surface area contributed by atoms with Gasteiger partial charge in [-0.25, -0.2) is 4.99 Å². The fraction of sp³-hybridized carbons (Fsp3) is 0.417. The van der Waals surface area contributed by atoms with E-state index in [1.807, 2.05) is 24.3 Å². The highest BCUT2D eigenvalue weighted by atomic mass is 79.9. The molecule has 1 aromatic carbocycles. The molecular weight excluding hydrogens is 270 g/mol. The van der Waals surface area contributed by atoms with Gasteiger partial charge in [-0.3, -0.25) is 0 Å². The molecule has 0 spiro atoms. The van der Waals surface area contributed by atoms with E-state index in [0.717, 1.165) is 35.5 Å². The van der Waals surface area contributed by atoms with Crippen LogP contribution in [0.1, 0.15) is 12.8 Å². The molecule has 0 aromatic heterocycles. The number of hydrogen-bond acceptors (Lipinski definition) is 3. The third-order valence-electron chi connectivity index (χ3n) is 2.46. The lowest BCUT2D eigenvalue weighted by atomic mass is 10.2. The molecule has 86 valence electrons. The second-order valence-corrected chi connectivity index (χ2v) is 4.29. The van der Waals surface area contributed by atoms with Gasteiger partial charge in [-0.2, -0.15) is 0 Å². The quantitative estimate of drug-likeness (QED) is 0.797. The maximum Gasteiger partial charge on any atom is 0.188 e. The Kier molecular flexibility index (Phi) is 3.83. The molecule has 2 rings (SSSR count). The van der Waals surface area contributed by atoms with Gasteiger partial charge in [0.1, 0.15) is 11.9 Å². The van der Waals surface area contributed by atoms with Crippen molar-refractivity contribution in [3.8, 4) is 5.75 Å². The maximum absolute atomic E-state index is 5.65. The lowest BCUT2D eigenvalue weighted by Crippen LogP contribution is -2.07. The lowest BCUT2D eigenvalue weighted by molar-refractivity contribution is 0.246. The molecule has 1 unspecified atom stereocenters. The molecule has 0 aliphatic carbocycles. The second-order valence-electron chi connectivity index (χ2n) is 3.64. The van der Waals surface area contributed by atoms with Crippen LogP contribution in [0.15, 0.2) is 29.3 Å². The molecule has 0 radical (unpaired) electrons. The number of ether oxygens (including phenoxy) is 2. The summed E-state index contributed by atoms with van der Waals surface area (Å²) in [6, 6.07) is 7.67. The zero-order chi connectivity index (χ0) is 11.4. The number of benzene rings is 1. The van der Waals surface area contributed by atoms with Gasteiger partial charge in [-0.1, -0.05) is 22.0 Å². The Morgan fingerprint density at radius 3 is 3.12 bits per heavy atom. The second kappa shape index (κ2) is 5.34. The maximum atomic E-state index is 5.65. The molecule has 16 heavy (non-hydrogen) atoms. The summed E-state index contributed by atoms with van der Waals surface area (Å²) in [5.41, 5.74) is 0.879. The Hall–Kier alpha value is -1.03. The number of rotatable bonds is 3. The molecular formula is C12H14BrNO2. The Labute approximate surface area is 104 Å². The molecule has 1 atom stereocenters. The third-order valence-corrected chi connectivity index (χ3v) is 3.18. The zero-order valence-electron chi connectivity index (χ0n) is 9.15. The molecule has 1 aromatic rings. The first-order valence-corrected chi connectivity index (χ1v) is 6.38. The molecule has 1 saturated heterocycles. The smallest absolute Gasteiger partial charge is 0.188 e. The van der Waals surface area contributed by atoms with Gasteiger partial charge in [-0.05, 0) is 18.6 Å². The Morgan fingerprint density at radius 1 is 1.56 bits per heavy atom. The monoisotopic (exact) mass is 283 g/mol. The minimum absolute atomic E-state index is 0.268. The first-order chi connectivity index (χ1) is 7.81. The Bertz CT molecular complexity index is 392. The van der Waals surface area contributed by atoms with Gasteiger partial charge >= 0.3 is 0 Å². The van der Waals surface area contributed by atoms with E-state index in [4.69, 9.17) is 9.47 Å². The van der Waals surface area contributed by atoms with Gasteiger partial charge in [-0.15, -0.1) is 0 Å². The summed E-state index contributed by atoms with van der Waals surface area (Å²) in [6.07, 6.45) is 2.21. The number of methoxy groups -OCH3 is 1. The van der Waals surface area contributed by atoms with Crippen molar-refractivity contribution in [3.63, 3.8) is 0 Å². The normalized spacial score (nSPS) is 22.1. The van der Waals surface area contributed by atoms with E-state index in [1.54, 1.807) is 7.11 Å². The van der Waals surface area contributed by atoms with Crippen LogP contribution < -0.4 is 4.74 Å². The van der Waals surface area contributed by atoms with Crippen molar-refractivity contribution >= 4 is 27.5 Å². The van der Waals surface area contributed by atoms with E-state index in [1.165, 1.54) is 0 Å². The molecule has 0 saturated carbocycles. The van der Waals surface area contributed by atoms with E-state index in [0.29, 0.717) is 0 Å². The van der Waals surface area contributed by atoms with Crippen LogP contribution in [0.5, 0.6) is 5.75 Å². The van der Waals surface area contributed by atoms with Crippen LogP contribution in [0.3, 0.4) is 0 Å². The van der Waals surface area contributed by atoms with Crippen LogP contribution in [0.2, 0.25) is 0 Å². The summed E-state index contributed by atoms with van der Waals surface area (Å²) >= 11 is 3.41. The van der Waals surface area contributed by atoms with Crippen LogP contribution >= 0.6 is 15.9 Å². The summed E-state index contributed by atoms with van der Waals surface area (Å²) in [5.74, 6) is 1.63. The highest BCUT2D eigenvalue weighted by Gasteiger charge is 2.20. The van der Waals surface area contributed by atoms with E-state index in [9.17, 15) is 0 Å². The predicted molar refractivity (Wildman–Crippen MR) is 68.0 cm³/mol. The molecule has 0 bridgehead atoms. The van der Waals surface area contributed by atoms with E-state index < -0.39 is 0 Å². The van der Waals surface area contributed by atoms with Crippen LogP contribution in [0, 0.1) is 0 Å². The van der Waals surface area contributed by atoms with Crippen LogP contribution in [0.4, 0.5) is 5.69 Å². The van der Waals surface area contributed by atoms with Crippen LogP contribution in [0.25, 0.3) is 0 Å². The summed E-state index contributed by atoms with van der Waals surface area (Å²) in [6.45, 7) is 0. The molecule has 0 amide bonds. The summed E-state index contributed by atoms with van der Waals surface area (Å²) < 4.78 is 10.8. The highest BCUT2D eigenvalue weighted by Crippen LogP contribution is 2.23.